The van der Waals surface area contributed by atoms with Gasteiger partial charge in [-0.2, -0.15) is 0 Å². The van der Waals surface area contributed by atoms with Crippen LogP contribution in [0.1, 0.15) is 31.2 Å². The molecule has 1 aliphatic rings. The van der Waals surface area contributed by atoms with Gasteiger partial charge in [0.1, 0.15) is 5.75 Å². The van der Waals surface area contributed by atoms with Crippen LogP contribution in [0.4, 0.5) is 0 Å². The molecule has 1 saturated carbocycles. The summed E-state index contributed by atoms with van der Waals surface area (Å²) in [6.45, 7) is 0.216. The summed E-state index contributed by atoms with van der Waals surface area (Å²) in [7, 11) is 1.59. The minimum absolute atomic E-state index is 0.216. The zero-order valence-electron chi connectivity index (χ0n) is 10.6. The third-order valence-corrected chi connectivity index (χ3v) is 3.04. The van der Waals surface area contributed by atoms with Crippen molar-refractivity contribution in [1.29, 1.82) is 0 Å². The number of ether oxygens (including phenoxy) is 2. The molecule has 0 spiro atoms. The van der Waals surface area contributed by atoms with E-state index in [1.54, 1.807) is 7.11 Å². The third-order valence-electron chi connectivity index (χ3n) is 3.04. The highest BCUT2D eigenvalue weighted by atomic mass is 16.7. The van der Waals surface area contributed by atoms with E-state index < -0.39 is 0 Å². The number of benzene rings is 1. The second-order valence-electron chi connectivity index (χ2n) is 4.39. The molecule has 0 saturated heterocycles. The minimum atomic E-state index is 0.216. The Balaban J connectivity index is 2.21. The van der Waals surface area contributed by atoms with E-state index in [0.717, 1.165) is 36.1 Å². The first-order valence-electron chi connectivity index (χ1n) is 6.26. The molecule has 0 aromatic heterocycles. The monoisotopic (exact) mass is 246 g/mol. The zero-order valence-corrected chi connectivity index (χ0v) is 10.6. The highest BCUT2D eigenvalue weighted by Gasteiger charge is 2.15. The summed E-state index contributed by atoms with van der Waals surface area (Å²) in [5, 5.41) is 0. The fourth-order valence-electron chi connectivity index (χ4n) is 2.09. The molecule has 0 bridgehead atoms. The molecule has 1 aromatic carbocycles. The lowest BCUT2D eigenvalue weighted by molar-refractivity contribution is -0.116. The van der Waals surface area contributed by atoms with Crippen LogP contribution in [0.2, 0.25) is 0 Å². The van der Waals surface area contributed by atoms with E-state index in [1.807, 2.05) is 30.3 Å². The van der Waals surface area contributed by atoms with Crippen molar-refractivity contribution < 1.29 is 14.3 Å². The Morgan fingerprint density at radius 2 is 2.00 bits per heavy atom. The van der Waals surface area contributed by atoms with Crippen LogP contribution in [0, 0.1) is 0 Å². The summed E-state index contributed by atoms with van der Waals surface area (Å²) in [5.74, 6) is 1.02. The molecule has 1 fully saturated rings. The van der Waals surface area contributed by atoms with Crippen LogP contribution in [0.25, 0.3) is 6.08 Å². The van der Waals surface area contributed by atoms with Crippen molar-refractivity contribution >= 4 is 11.9 Å². The van der Waals surface area contributed by atoms with Crippen molar-refractivity contribution in [3.8, 4) is 5.75 Å². The number of ketones is 1. The van der Waals surface area contributed by atoms with Gasteiger partial charge in [-0.1, -0.05) is 18.2 Å². The molecule has 18 heavy (non-hydrogen) atoms. The summed E-state index contributed by atoms with van der Waals surface area (Å²) in [6.07, 6.45) is 5.60. The fourth-order valence-corrected chi connectivity index (χ4v) is 2.09. The van der Waals surface area contributed by atoms with E-state index in [4.69, 9.17) is 9.47 Å². The van der Waals surface area contributed by atoms with Crippen LogP contribution >= 0.6 is 0 Å². The molecule has 0 atom stereocenters. The molecule has 1 aromatic rings. The van der Waals surface area contributed by atoms with E-state index in [2.05, 4.69) is 0 Å². The predicted molar refractivity (Wildman–Crippen MR) is 70.4 cm³/mol. The Hall–Kier alpha value is -1.61. The van der Waals surface area contributed by atoms with Crippen molar-refractivity contribution in [3.05, 3.63) is 35.4 Å². The van der Waals surface area contributed by atoms with E-state index in [-0.39, 0.29) is 12.6 Å². The van der Waals surface area contributed by atoms with Gasteiger partial charge in [-0.3, -0.25) is 4.79 Å². The normalized spacial score (nSPS) is 18.1. The highest BCUT2D eigenvalue weighted by Crippen LogP contribution is 2.26. The SMILES string of the molecule is COCOc1ccccc1/C=C1\CCCCC1=O. The number of para-hydroxylation sites is 1. The van der Waals surface area contributed by atoms with Gasteiger partial charge in [0, 0.05) is 19.1 Å². The van der Waals surface area contributed by atoms with Crippen molar-refractivity contribution in [2.75, 3.05) is 13.9 Å². The molecule has 0 aliphatic heterocycles. The number of methoxy groups -OCH3 is 1. The van der Waals surface area contributed by atoms with Crippen molar-refractivity contribution in [2.24, 2.45) is 0 Å². The topological polar surface area (TPSA) is 35.5 Å². The molecule has 0 unspecified atom stereocenters. The molecule has 3 nitrogen and oxygen atoms in total. The Bertz CT molecular complexity index is 449. The standard InChI is InChI=1S/C15H18O3/c1-17-11-18-15-9-5-3-7-13(15)10-12-6-2-4-8-14(12)16/h3,5,7,9-10H,2,4,6,8,11H2,1H3/b12-10+. The lowest BCUT2D eigenvalue weighted by Crippen LogP contribution is -2.08. The van der Waals surface area contributed by atoms with Gasteiger partial charge in [-0.05, 0) is 37.0 Å². The van der Waals surface area contributed by atoms with Crippen LogP contribution in [-0.4, -0.2) is 19.7 Å². The van der Waals surface area contributed by atoms with Gasteiger partial charge in [0.05, 0.1) is 0 Å². The smallest absolute Gasteiger partial charge is 0.188 e. The number of Topliss-reactive ketones (excluding diaryl/α,β-unsaturated/α-hetero) is 1. The van der Waals surface area contributed by atoms with Crippen molar-refractivity contribution in [1.82, 2.24) is 0 Å². The lowest BCUT2D eigenvalue weighted by atomic mass is 9.92. The Morgan fingerprint density at radius 3 is 2.78 bits per heavy atom. The Kier molecular flexibility index (Phi) is 4.53. The van der Waals surface area contributed by atoms with Crippen molar-refractivity contribution in [2.45, 2.75) is 25.7 Å². The maximum absolute atomic E-state index is 11.8. The van der Waals surface area contributed by atoms with E-state index in [1.165, 1.54) is 0 Å². The van der Waals surface area contributed by atoms with Crippen LogP contribution in [0.3, 0.4) is 0 Å². The molecule has 0 radical (unpaired) electrons. The molecule has 3 heteroatoms. The van der Waals surface area contributed by atoms with Gasteiger partial charge in [-0.25, -0.2) is 0 Å². The van der Waals surface area contributed by atoms with Gasteiger partial charge in [0.2, 0.25) is 0 Å². The van der Waals surface area contributed by atoms with Gasteiger partial charge in [0.15, 0.2) is 12.6 Å². The van der Waals surface area contributed by atoms with E-state index in [0.29, 0.717) is 6.42 Å². The van der Waals surface area contributed by atoms with Gasteiger partial charge in [0.25, 0.3) is 0 Å². The van der Waals surface area contributed by atoms with Gasteiger partial charge >= 0.3 is 0 Å². The lowest BCUT2D eigenvalue weighted by Gasteiger charge is -2.14. The number of rotatable bonds is 4. The first-order valence-corrected chi connectivity index (χ1v) is 6.26. The molecular formula is C15H18O3. The summed E-state index contributed by atoms with van der Waals surface area (Å²) in [5.41, 5.74) is 1.86. The molecule has 0 amide bonds. The van der Waals surface area contributed by atoms with Crippen LogP contribution in [-0.2, 0) is 9.53 Å². The van der Waals surface area contributed by atoms with Crippen LogP contribution in [0.5, 0.6) is 5.75 Å². The van der Waals surface area contributed by atoms with E-state index >= 15 is 0 Å². The number of carbonyl (C=O) groups excluding carboxylic acids is 1. The molecule has 2 rings (SSSR count). The molecular weight excluding hydrogens is 228 g/mol. The number of carbonyl (C=O) groups is 1. The third kappa shape index (κ3) is 3.20. The van der Waals surface area contributed by atoms with Crippen LogP contribution in [0.15, 0.2) is 29.8 Å². The maximum Gasteiger partial charge on any atom is 0.188 e. The molecule has 0 N–H and O–H groups in total. The molecule has 96 valence electrons. The van der Waals surface area contributed by atoms with Crippen molar-refractivity contribution in [3.63, 3.8) is 0 Å². The highest BCUT2D eigenvalue weighted by molar-refractivity contribution is 6.00. The average Bonchev–Trinajstić information content (AvgIpc) is 2.40. The second-order valence-corrected chi connectivity index (χ2v) is 4.39. The zero-order chi connectivity index (χ0) is 12.8. The molecule has 0 heterocycles. The minimum Gasteiger partial charge on any atom is -0.467 e. The summed E-state index contributed by atoms with van der Waals surface area (Å²) in [6, 6.07) is 7.70. The van der Waals surface area contributed by atoms with Crippen LogP contribution < -0.4 is 4.74 Å². The first kappa shape index (κ1) is 12.8. The predicted octanol–water partition coefficient (Wildman–Crippen LogP) is 3.20. The number of hydrogen-bond donors (Lipinski definition) is 0. The van der Waals surface area contributed by atoms with Gasteiger partial charge < -0.3 is 9.47 Å². The molecule has 1 aliphatic carbocycles. The Labute approximate surface area is 107 Å². The quantitative estimate of drug-likeness (QED) is 0.604. The maximum atomic E-state index is 11.8. The second kappa shape index (κ2) is 6.36. The largest absolute Gasteiger partial charge is 0.467 e. The van der Waals surface area contributed by atoms with Gasteiger partial charge in [-0.15, -0.1) is 0 Å². The average molecular weight is 246 g/mol. The number of allylic oxidation sites excluding steroid dienone is 1. The summed E-state index contributed by atoms with van der Waals surface area (Å²) >= 11 is 0. The summed E-state index contributed by atoms with van der Waals surface area (Å²) < 4.78 is 10.4. The fraction of sp³-hybridized carbons (Fsp3) is 0.400. The summed E-state index contributed by atoms with van der Waals surface area (Å²) in [4.78, 5) is 11.8. The first-order chi connectivity index (χ1) is 8.81. The van der Waals surface area contributed by atoms with E-state index in [9.17, 15) is 4.79 Å². The Morgan fingerprint density at radius 1 is 1.22 bits per heavy atom. The number of hydrogen-bond acceptors (Lipinski definition) is 3.